The number of anilines is 1. The van der Waals surface area contributed by atoms with Crippen LogP contribution in [0.3, 0.4) is 0 Å². The highest BCUT2D eigenvalue weighted by Gasteiger charge is 2.11. The van der Waals surface area contributed by atoms with Crippen LogP contribution in [-0.4, -0.2) is 29.0 Å². The molecule has 1 N–H and O–H groups in total. The molecule has 2 amide bonds. The second-order valence-corrected chi connectivity index (χ2v) is 5.04. The molecule has 5 heteroatoms. The largest absolute Gasteiger partial charge is 0.324 e. The van der Waals surface area contributed by atoms with Crippen molar-refractivity contribution >= 4 is 22.4 Å². The van der Waals surface area contributed by atoms with E-state index < -0.39 is 0 Å². The first kappa shape index (κ1) is 13.5. The van der Waals surface area contributed by atoms with Gasteiger partial charge in [-0.1, -0.05) is 0 Å². The van der Waals surface area contributed by atoms with E-state index in [9.17, 15) is 4.79 Å². The number of hydrogen-bond acceptors (Lipinski definition) is 3. The quantitative estimate of drug-likeness (QED) is 0.910. The molecular formula is C14H17N3OS. The molecule has 2 heterocycles. The van der Waals surface area contributed by atoms with Crippen LogP contribution in [0.1, 0.15) is 12.5 Å². The summed E-state index contributed by atoms with van der Waals surface area (Å²) in [6, 6.07) is 7.74. The zero-order valence-corrected chi connectivity index (χ0v) is 11.7. The van der Waals surface area contributed by atoms with E-state index in [0.717, 1.165) is 11.4 Å². The Bertz CT molecular complexity index is 499. The highest BCUT2D eigenvalue weighted by Crippen LogP contribution is 2.15. The van der Waals surface area contributed by atoms with Crippen molar-refractivity contribution in [1.82, 2.24) is 9.88 Å². The lowest BCUT2D eigenvalue weighted by atomic mass is 10.2. The number of thiophene rings is 1. The first-order chi connectivity index (χ1) is 9.29. The number of aromatic nitrogens is 1. The molecule has 0 aliphatic rings. The van der Waals surface area contributed by atoms with Crippen LogP contribution < -0.4 is 5.32 Å². The summed E-state index contributed by atoms with van der Waals surface area (Å²) in [6.45, 7) is 3.39. The fourth-order valence-corrected chi connectivity index (χ4v) is 2.36. The summed E-state index contributed by atoms with van der Waals surface area (Å²) >= 11 is 1.53. The van der Waals surface area contributed by atoms with E-state index in [-0.39, 0.29) is 6.03 Å². The van der Waals surface area contributed by atoms with Gasteiger partial charge < -0.3 is 4.90 Å². The van der Waals surface area contributed by atoms with E-state index in [1.54, 1.807) is 17.3 Å². The van der Waals surface area contributed by atoms with E-state index in [4.69, 9.17) is 0 Å². The molecule has 0 radical (unpaired) electrons. The maximum Gasteiger partial charge on any atom is 0.322 e. The number of rotatable bonds is 5. The minimum atomic E-state index is -0.0426. The van der Waals surface area contributed by atoms with Crippen molar-refractivity contribution < 1.29 is 4.79 Å². The van der Waals surface area contributed by atoms with Gasteiger partial charge in [-0.25, -0.2) is 4.79 Å². The first-order valence-electron chi connectivity index (χ1n) is 6.28. The number of carbonyl (C=O) groups is 1. The van der Waals surface area contributed by atoms with Gasteiger partial charge in [-0.2, -0.15) is 0 Å². The summed E-state index contributed by atoms with van der Waals surface area (Å²) in [7, 11) is 0. The average Bonchev–Trinajstić information content (AvgIpc) is 2.93. The number of urea groups is 1. The second-order valence-electron chi connectivity index (χ2n) is 4.09. The van der Waals surface area contributed by atoms with E-state index in [1.807, 2.05) is 36.6 Å². The molecule has 0 aromatic carbocycles. The standard InChI is InChI=1S/C14H17N3OS/c1-2-17(10-7-12-5-8-15-9-6-12)14(18)16-13-4-3-11-19-13/h3-6,8-9,11H,2,7,10H2,1H3,(H,16,18). The third-order valence-electron chi connectivity index (χ3n) is 2.84. The second kappa shape index (κ2) is 6.89. The molecule has 0 saturated heterocycles. The fraction of sp³-hybridized carbons (Fsp3) is 0.286. The minimum absolute atomic E-state index is 0.0426. The van der Waals surface area contributed by atoms with Crippen molar-refractivity contribution in [2.45, 2.75) is 13.3 Å². The highest BCUT2D eigenvalue weighted by atomic mass is 32.1. The Morgan fingerprint density at radius 1 is 1.37 bits per heavy atom. The molecule has 0 saturated carbocycles. The minimum Gasteiger partial charge on any atom is -0.324 e. The van der Waals surface area contributed by atoms with Crippen LogP contribution in [-0.2, 0) is 6.42 Å². The molecule has 100 valence electrons. The molecule has 4 nitrogen and oxygen atoms in total. The maximum atomic E-state index is 12.1. The molecule has 0 unspecified atom stereocenters. The number of pyridine rings is 1. The average molecular weight is 275 g/mol. The van der Waals surface area contributed by atoms with Crippen LogP contribution in [0.25, 0.3) is 0 Å². The summed E-state index contributed by atoms with van der Waals surface area (Å²) < 4.78 is 0. The van der Waals surface area contributed by atoms with Crippen LogP contribution in [0, 0.1) is 0 Å². The van der Waals surface area contributed by atoms with Crippen LogP contribution in [0.15, 0.2) is 42.0 Å². The van der Waals surface area contributed by atoms with Crippen molar-refractivity contribution in [3.63, 3.8) is 0 Å². The zero-order chi connectivity index (χ0) is 13.5. The molecule has 2 aromatic heterocycles. The van der Waals surface area contributed by atoms with Crippen LogP contribution in [0.5, 0.6) is 0 Å². The van der Waals surface area contributed by atoms with Gasteiger partial charge in [0.2, 0.25) is 0 Å². The Morgan fingerprint density at radius 2 is 2.16 bits per heavy atom. The normalized spacial score (nSPS) is 10.2. The van der Waals surface area contributed by atoms with Gasteiger partial charge in [0.1, 0.15) is 0 Å². The number of likely N-dealkylation sites (N-methyl/N-ethyl adjacent to an activating group) is 1. The van der Waals surface area contributed by atoms with Crippen molar-refractivity contribution in [1.29, 1.82) is 0 Å². The fourth-order valence-electron chi connectivity index (χ4n) is 1.75. The summed E-state index contributed by atoms with van der Waals surface area (Å²) in [5, 5.41) is 5.73. The summed E-state index contributed by atoms with van der Waals surface area (Å²) in [6.07, 6.45) is 4.39. The molecule has 0 fully saturated rings. The molecule has 0 spiro atoms. The van der Waals surface area contributed by atoms with Crippen molar-refractivity contribution in [2.75, 3.05) is 18.4 Å². The van der Waals surface area contributed by atoms with Crippen molar-refractivity contribution in [2.24, 2.45) is 0 Å². The van der Waals surface area contributed by atoms with Gasteiger partial charge in [-0.15, -0.1) is 11.3 Å². The van der Waals surface area contributed by atoms with E-state index >= 15 is 0 Å². The van der Waals surface area contributed by atoms with Gasteiger partial charge in [0, 0.05) is 25.5 Å². The molecule has 0 bridgehead atoms. The first-order valence-corrected chi connectivity index (χ1v) is 7.16. The van der Waals surface area contributed by atoms with Gasteiger partial charge in [-0.05, 0) is 48.6 Å². The Labute approximate surface area is 117 Å². The van der Waals surface area contributed by atoms with Crippen LogP contribution >= 0.6 is 11.3 Å². The molecule has 19 heavy (non-hydrogen) atoms. The SMILES string of the molecule is CCN(CCc1ccncc1)C(=O)Nc1cccs1. The topological polar surface area (TPSA) is 45.2 Å². The van der Waals surface area contributed by atoms with Gasteiger partial charge in [0.05, 0.1) is 5.00 Å². The molecule has 0 aliphatic heterocycles. The zero-order valence-electron chi connectivity index (χ0n) is 10.9. The predicted molar refractivity (Wildman–Crippen MR) is 78.5 cm³/mol. The lowest BCUT2D eigenvalue weighted by molar-refractivity contribution is 0.215. The number of amides is 2. The van der Waals surface area contributed by atoms with Crippen LogP contribution in [0.4, 0.5) is 9.80 Å². The van der Waals surface area contributed by atoms with Gasteiger partial charge in [0.15, 0.2) is 0 Å². The van der Waals surface area contributed by atoms with E-state index in [0.29, 0.717) is 13.1 Å². The number of hydrogen-bond donors (Lipinski definition) is 1. The van der Waals surface area contributed by atoms with Crippen molar-refractivity contribution in [3.05, 3.63) is 47.6 Å². The molecule has 2 rings (SSSR count). The number of nitrogens with zero attached hydrogens (tertiary/aromatic N) is 2. The molecule has 2 aromatic rings. The molecule has 0 aliphatic carbocycles. The summed E-state index contributed by atoms with van der Waals surface area (Å²) in [4.78, 5) is 17.9. The van der Waals surface area contributed by atoms with Crippen molar-refractivity contribution in [3.8, 4) is 0 Å². The Hall–Kier alpha value is -1.88. The predicted octanol–water partition coefficient (Wildman–Crippen LogP) is 3.24. The summed E-state index contributed by atoms with van der Waals surface area (Å²) in [5.41, 5.74) is 1.19. The summed E-state index contributed by atoms with van der Waals surface area (Å²) in [5.74, 6) is 0. The lowest BCUT2D eigenvalue weighted by Gasteiger charge is -2.20. The third-order valence-corrected chi connectivity index (χ3v) is 3.63. The number of carbonyl (C=O) groups excluding carboxylic acids is 1. The maximum absolute atomic E-state index is 12.1. The van der Waals surface area contributed by atoms with Gasteiger partial charge in [0.25, 0.3) is 0 Å². The monoisotopic (exact) mass is 275 g/mol. The van der Waals surface area contributed by atoms with Crippen LogP contribution in [0.2, 0.25) is 0 Å². The van der Waals surface area contributed by atoms with E-state index in [1.165, 1.54) is 16.9 Å². The number of nitrogens with one attached hydrogen (secondary N) is 1. The Balaban J connectivity index is 1.87. The Kier molecular flexibility index (Phi) is 4.92. The highest BCUT2D eigenvalue weighted by molar-refractivity contribution is 7.14. The smallest absolute Gasteiger partial charge is 0.322 e. The molecular weight excluding hydrogens is 258 g/mol. The lowest BCUT2D eigenvalue weighted by Crippen LogP contribution is -2.36. The van der Waals surface area contributed by atoms with Gasteiger partial charge in [-0.3, -0.25) is 10.3 Å². The molecule has 0 atom stereocenters. The third kappa shape index (κ3) is 4.06. The van der Waals surface area contributed by atoms with E-state index in [2.05, 4.69) is 10.3 Å². The van der Waals surface area contributed by atoms with Gasteiger partial charge >= 0.3 is 6.03 Å². The Morgan fingerprint density at radius 3 is 2.79 bits per heavy atom.